The lowest BCUT2D eigenvalue weighted by Crippen LogP contribution is -2.34. The maximum absolute atomic E-state index is 4.65. The molecule has 0 spiro atoms. The lowest BCUT2D eigenvalue weighted by molar-refractivity contribution is 0.487. The molecule has 0 fully saturated rings. The highest BCUT2D eigenvalue weighted by molar-refractivity contribution is 5.22. The lowest BCUT2D eigenvalue weighted by Gasteiger charge is -2.17. The van der Waals surface area contributed by atoms with Crippen molar-refractivity contribution in [1.82, 2.24) is 10.6 Å². The van der Waals surface area contributed by atoms with Gasteiger partial charge in [0.15, 0.2) is 0 Å². The molecule has 1 aromatic rings. The van der Waals surface area contributed by atoms with E-state index < -0.39 is 0 Å². The van der Waals surface area contributed by atoms with Gasteiger partial charge >= 0.3 is 0 Å². The Morgan fingerprint density at radius 3 is 2.62 bits per heavy atom. The molecule has 0 heterocycles. The Kier molecular flexibility index (Phi) is 5.83. The smallest absolute Gasteiger partial charge is 0.0674 e. The van der Waals surface area contributed by atoms with Crippen molar-refractivity contribution >= 4 is 0 Å². The Hall–Kier alpha value is -1.12. The van der Waals surface area contributed by atoms with E-state index in [-0.39, 0.29) is 6.04 Å². The highest BCUT2D eigenvalue weighted by atomic mass is 15.0. The minimum atomic E-state index is 0.113. The number of benzene rings is 1. The molecule has 2 nitrogen and oxygen atoms in total. The molecule has 1 aromatic carbocycles. The van der Waals surface area contributed by atoms with Crippen LogP contribution in [0.15, 0.2) is 43.0 Å². The first kappa shape index (κ1) is 12.9. The van der Waals surface area contributed by atoms with Crippen molar-refractivity contribution in [1.29, 1.82) is 0 Å². The molecule has 0 saturated carbocycles. The van der Waals surface area contributed by atoms with Gasteiger partial charge in [-0.05, 0) is 19.0 Å². The summed E-state index contributed by atoms with van der Waals surface area (Å²) in [4.78, 5) is 0. The molecule has 0 aliphatic heterocycles. The molecule has 87 valence electrons. The molecule has 0 saturated heterocycles. The number of nitrogens with zero attached hydrogens (tertiary/aromatic N) is 1. The van der Waals surface area contributed by atoms with E-state index in [1.54, 1.807) is 0 Å². The van der Waals surface area contributed by atoms with Crippen molar-refractivity contribution in [3.05, 3.63) is 48.6 Å². The van der Waals surface area contributed by atoms with E-state index in [0.29, 0.717) is 6.04 Å². The molecule has 2 atom stereocenters. The molecule has 0 bridgehead atoms. The standard InChI is InChI=1S/C14H21N2/c1-4-14(13-9-7-6-8-10-13)16-11-12(3)15-5-2/h4,6-10,12,14-15H,1,5,11H2,2-3H3. The minimum absolute atomic E-state index is 0.113. The van der Waals surface area contributed by atoms with E-state index in [2.05, 4.69) is 43.2 Å². The number of hydrogen-bond acceptors (Lipinski definition) is 1. The Bertz CT molecular complexity index is 295. The summed E-state index contributed by atoms with van der Waals surface area (Å²) in [6.07, 6.45) is 1.90. The highest BCUT2D eigenvalue weighted by Crippen LogP contribution is 2.14. The second-order valence-electron chi connectivity index (χ2n) is 3.92. The van der Waals surface area contributed by atoms with Gasteiger partial charge in [-0.3, -0.25) is 0 Å². The van der Waals surface area contributed by atoms with Gasteiger partial charge in [0.2, 0.25) is 0 Å². The second kappa shape index (κ2) is 7.20. The van der Waals surface area contributed by atoms with Gasteiger partial charge in [-0.15, -0.1) is 6.58 Å². The molecular formula is C14H21N2. The average Bonchev–Trinajstić information content (AvgIpc) is 2.31. The predicted molar refractivity (Wildman–Crippen MR) is 69.5 cm³/mol. The predicted octanol–water partition coefficient (Wildman–Crippen LogP) is 2.52. The summed E-state index contributed by atoms with van der Waals surface area (Å²) < 4.78 is 0. The average molecular weight is 217 g/mol. The van der Waals surface area contributed by atoms with E-state index in [4.69, 9.17) is 0 Å². The van der Waals surface area contributed by atoms with Crippen LogP contribution >= 0.6 is 0 Å². The summed E-state index contributed by atoms with van der Waals surface area (Å²) in [5, 5.41) is 8.00. The van der Waals surface area contributed by atoms with Crippen molar-refractivity contribution in [2.75, 3.05) is 13.1 Å². The molecule has 0 aliphatic carbocycles. The van der Waals surface area contributed by atoms with Crippen LogP contribution in [0.2, 0.25) is 0 Å². The molecule has 2 unspecified atom stereocenters. The zero-order valence-corrected chi connectivity index (χ0v) is 10.2. The zero-order chi connectivity index (χ0) is 11.8. The van der Waals surface area contributed by atoms with Crippen LogP contribution in [-0.2, 0) is 0 Å². The van der Waals surface area contributed by atoms with Gasteiger partial charge in [-0.2, -0.15) is 0 Å². The summed E-state index contributed by atoms with van der Waals surface area (Å²) >= 11 is 0. The van der Waals surface area contributed by atoms with Crippen LogP contribution in [0.4, 0.5) is 0 Å². The van der Waals surface area contributed by atoms with E-state index in [9.17, 15) is 0 Å². The summed E-state index contributed by atoms with van der Waals surface area (Å²) in [5.74, 6) is 0. The molecule has 0 amide bonds. The molecule has 0 aliphatic rings. The highest BCUT2D eigenvalue weighted by Gasteiger charge is 2.09. The quantitative estimate of drug-likeness (QED) is 0.698. The van der Waals surface area contributed by atoms with Crippen LogP contribution in [0.1, 0.15) is 25.5 Å². The van der Waals surface area contributed by atoms with Crippen molar-refractivity contribution in [2.45, 2.75) is 25.9 Å². The van der Waals surface area contributed by atoms with E-state index >= 15 is 0 Å². The number of rotatable bonds is 7. The minimum Gasteiger partial charge on any atom is -0.313 e. The van der Waals surface area contributed by atoms with Crippen LogP contribution in [0.3, 0.4) is 0 Å². The molecule has 16 heavy (non-hydrogen) atoms. The largest absolute Gasteiger partial charge is 0.313 e. The molecule has 1 radical (unpaired) electrons. The third kappa shape index (κ3) is 4.17. The normalized spacial score (nSPS) is 14.4. The third-order valence-electron chi connectivity index (χ3n) is 2.49. The molecule has 1 N–H and O–H groups in total. The van der Waals surface area contributed by atoms with E-state index in [0.717, 1.165) is 13.1 Å². The van der Waals surface area contributed by atoms with Crippen molar-refractivity contribution < 1.29 is 0 Å². The fraction of sp³-hybridized carbons (Fsp3) is 0.429. The van der Waals surface area contributed by atoms with Crippen LogP contribution < -0.4 is 10.6 Å². The van der Waals surface area contributed by atoms with E-state index in [1.807, 2.05) is 24.3 Å². The first-order chi connectivity index (χ1) is 7.77. The second-order valence-corrected chi connectivity index (χ2v) is 3.92. The van der Waals surface area contributed by atoms with Gasteiger partial charge in [0, 0.05) is 12.6 Å². The molecule has 0 aromatic heterocycles. The van der Waals surface area contributed by atoms with Gasteiger partial charge in [0.25, 0.3) is 0 Å². The van der Waals surface area contributed by atoms with Gasteiger partial charge in [-0.1, -0.05) is 43.3 Å². The fourth-order valence-electron chi connectivity index (χ4n) is 1.65. The summed E-state index contributed by atoms with van der Waals surface area (Å²) in [6, 6.07) is 10.8. The van der Waals surface area contributed by atoms with Crippen molar-refractivity contribution in [2.24, 2.45) is 0 Å². The van der Waals surface area contributed by atoms with Gasteiger partial charge < -0.3 is 5.32 Å². The topological polar surface area (TPSA) is 26.1 Å². The Labute approximate surface area is 98.8 Å². The van der Waals surface area contributed by atoms with Crippen LogP contribution in [0.25, 0.3) is 0 Å². The van der Waals surface area contributed by atoms with Crippen molar-refractivity contribution in [3.63, 3.8) is 0 Å². The Morgan fingerprint density at radius 2 is 2.06 bits per heavy atom. The van der Waals surface area contributed by atoms with Crippen LogP contribution in [0.5, 0.6) is 0 Å². The number of hydrogen-bond donors (Lipinski definition) is 1. The molecule has 1 rings (SSSR count). The molecule has 2 heteroatoms. The summed E-state index contributed by atoms with van der Waals surface area (Å²) in [7, 11) is 0. The first-order valence-corrected chi connectivity index (χ1v) is 5.85. The summed E-state index contributed by atoms with van der Waals surface area (Å²) in [5.41, 5.74) is 1.21. The number of nitrogens with one attached hydrogen (secondary N) is 1. The third-order valence-corrected chi connectivity index (χ3v) is 2.49. The zero-order valence-electron chi connectivity index (χ0n) is 10.2. The number of likely N-dealkylation sites (N-methyl/N-ethyl adjacent to an activating group) is 1. The lowest BCUT2D eigenvalue weighted by atomic mass is 10.1. The van der Waals surface area contributed by atoms with Crippen LogP contribution in [0, 0.1) is 0 Å². The summed E-state index contributed by atoms with van der Waals surface area (Å²) in [6.45, 7) is 9.91. The van der Waals surface area contributed by atoms with Crippen molar-refractivity contribution in [3.8, 4) is 0 Å². The van der Waals surface area contributed by atoms with Gasteiger partial charge in [0.1, 0.15) is 0 Å². The first-order valence-electron chi connectivity index (χ1n) is 5.85. The Balaban J connectivity index is 2.47. The Morgan fingerprint density at radius 1 is 1.38 bits per heavy atom. The monoisotopic (exact) mass is 217 g/mol. The SMILES string of the molecule is C=CC([N]CC(C)NCC)c1ccccc1. The van der Waals surface area contributed by atoms with Crippen LogP contribution in [-0.4, -0.2) is 19.1 Å². The maximum atomic E-state index is 4.65. The maximum Gasteiger partial charge on any atom is 0.0674 e. The van der Waals surface area contributed by atoms with Gasteiger partial charge in [-0.25, -0.2) is 5.32 Å². The van der Waals surface area contributed by atoms with E-state index in [1.165, 1.54) is 5.56 Å². The molecular weight excluding hydrogens is 196 g/mol. The van der Waals surface area contributed by atoms with Gasteiger partial charge in [0.05, 0.1) is 6.04 Å². The fourth-order valence-corrected chi connectivity index (χ4v) is 1.65.